The van der Waals surface area contributed by atoms with Crippen LogP contribution >= 0.6 is 0 Å². The van der Waals surface area contributed by atoms with Crippen LogP contribution in [0.5, 0.6) is 0 Å². The van der Waals surface area contributed by atoms with E-state index in [9.17, 15) is 5.26 Å². The van der Waals surface area contributed by atoms with Crippen molar-refractivity contribution in [1.29, 1.82) is 5.26 Å². The largest absolute Gasteiger partial charge is 0.303 e. The summed E-state index contributed by atoms with van der Waals surface area (Å²) in [5.41, 5.74) is -0.218. The summed E-state index contributed by atoms with van der Waals surface area (Å²) < 4.78 is 0. The first-order valence-corrected chi connectivity index (χ1v) is 8.66. The Bertz CT molecular complexity index is 363. The minimum absolute atomic E-state index is 0.218. The first kappa shape index (κ1) is 14.4. The minimum Gasteiger partial charge on any atom is -0.303 e. The lowest BCUT2D eigenvalue weighted by Crippen LogP contribution is -2.47. The van der Waals surface area contributed by atoms with E-state index in [4.69, 9.17) is 0 Å². The predicted molar refractivity (Wildman–Crippen MR) is 81.2 cm³/mol. The number of hydrogen-bond acceptors (Lipinski definition) is 3. The number of fused-ring (bicyclic) bond motifs is 1. The van der Waals surface area contributed by atoms with Crippen molar-refractivity contribution in [2.45, 2.75) is 57.4 Å². The van der Waals surface area contributed by atoms with E-state index in [1.165, 1.54) is 58.2 Å². The molecule has 112 valence electrons. The molecule has 3 nitrogen and oxygen atoms in total. The van der Waals surface area contributed by atoms with Gasteiger partial charge in [-0.05, 0) is 62.9 Å². The van der Waals surface area contributed by atoms with E-state index in [-0.39, 0.29) is 5.54 Å². The number of likely N-dealkylation sites (tertiary alicyclic amines) is 1. The summed E-state index contributed by atoms with van der Waals surface area (Å²) in [4.78, 5) is 2.68. The van der Waals surface area contributed by atoms with Crippen LogP contribution in [0.2, 0.25) is 0 Å². The van der Waals surface area contributed by atoms with Gasteiger partial charge in [0.2, 0.25) is 0 Å². The van der Waals surface area contributed by atoms with Crippen LogP contribution in [0.3, 0.4) is 0 Å². The van der Waals surface area contributed by atoms with Gasteiger partial charge in [-0.25, -0.2) is 0 Å². The Kier molecular flexibility index (Phi) is 4.33. The number of rotatable bonds is 5. The van der Waals surface area contributed by atoms with Crippen molar-refractivity contribution < 1.29 is 0 Å². The maximum absolute atomic E-state index is 9.62. The van der Waals surface area contributed by atoms with Gasteiger partial charge in [-0.1, -0.05) is 19.8 Å². The Morgan fingerprint density at radius 3 is 2.60 bits per heavy atom. The molecule has 0 radical (unpaired) electrons. The topological polar surface area (TPSA) is 39.1 Å². The second-order valence-electron chi connectivity index (χ2n) is 7.20. The summed E-state index contributed by atoms with van der Waals surface area (Å²) in [6.07, 6.45) is 9.10. The Hall–Kier alpha value is -0.590. The highest BCUT2D eigenvalue weighted by molar-refractivity contribution is 5.14. The summed E-state index contributed by atoms with van der Waals surface area (Å²) in [7, 11) is 0. The zero-order valence-corrected chi connectivity index (χ0v) is 12.9. The van der Waals surface area contributed by atoms with E-state index >= 15 is 0 Å². The molecule has 0 bridgehead atoms. The fourth-order valence-electron chi connectivity index (χ4n) is 5.06. The molecule has 0 spiro atoms. The highest BCUT2D eigenvalue weighted by atomic mass is 15.2. The lowest BCUT2D eigenvalue weighted by Gasteiger charge is -2.31. The Labute approximate surface area is 123 Å². The van der Waals surface area contributed by atoms with E-state index in [0.717, 1.165) is 24.8 Å². The van der Waals surface area contributed by atoms with Gasteiger partial charge in [0.25, 0.3) is 0 Å². The van der Waals surface area contributed by atoms with Gasteiger partial charge in [0, 0.05) is 13.1 Å². The van der Waals surface area contributed by atoms with Crippen molar-refractivity contribution in [2.75, 3.05) is 26.2 Å². The van der Waals surface area contributed by atoms with Crippen LogP contribution in [0.25, 0.3) is 0 Å². The van der Waals surface area contributed by atoms with Crippen LogP contribution in [-0.4, -0.2) is 36.6 Å². The smallest absolute Gasteiger partial charge is 0.109 e. The highest BCUT2D eigenvalue weighted by Gasteiger charge is 2.43. The van der Waals surface area contributed by atoms with Crippen LogP contribution in [0.1, 0.15) is 51.9 Å². The molecule has 1 saturated heterocycles. The number of nitrogens with zero attached hydrogens (tertiary/aromatic N) is 2. The predicted octanol–water partition coefficient (Wildman–Crippen LogP) is 2.78. The number of nitrogens with one attached hydrogen (secondary N) is 1. The Morgan fingerprint density at radius 2 is 1.95 bits per heavy atom. The Balaban J connectivity index is 1.52. The first-order chi connectivity index (χ1) is 9.77. The monoisotopic (exact) mass is 275 g/mol. The van der Waals surface area contributed by atoms with Crippen molar-refractivity contribution in [3.8, 4) is 6.07 Å². The fourth-order valence-corrected chi connectivity index (χ4v) is 5.06. The van der Waals surface area contributed by atoms with Gasteiger partial charge in [-0.15, -0.1) is 0 Å². The summed E-state index contributed by atoms with van der Waals surface area (Å²) in [5.74, 6) is 2.55. The second-order valence-corrected chi connectivity index (χ2v) is 7.20. The van der Waals surface area contributed by atoms with Gasteiger partial charge in [-0.2, -0.15) is 5.26 Å². The molecule has 4 unspecified atom stereocenters. The van der Waals surface area contributed by atoms with Gasteiger partial charge < -0.3 is 4.90 Å². The van der Waals surface area contributed by atoms with Crippen LogP contribution in [0.15, 0.2) is 0 Å². The van der Waals surface area contributed by atoms with E-state index in [2.05, 4.69) is 23.2 Å². The van der Waals surface area contributed by atoms with Gasteiger partial charge in [-0.3, -0.25) is 5.32 Å². The summed E-state index contributed by atoms with van der Waals surface area (Å²) in [6, 6.07) is 2.61. The van der Waals surface area contributed by atoms with Crippen LogP contribution in [-0.2, 0) is 0 Å². The second kappa shape index (κ2) is 6.03. The molecule has 1 heterocycles. The maximum Gasteiger partial charge on any atom is 0.109 e. The zero-order valence-electron chi connectivity index (χ0n) is 12.9. The van der Waals surface area contributed by atoms with Crippen molar-refractivity contribution in [3.05, 3.63) is 0 Å². The molecule has 3 rings (SSSR count). The normalized spacial score (nSPS) is 40.9. The summed E-state index contributed by atoms with van der Waals surface area (Å²) in [5, 5.41) is 13.1. The summed E-state index contributed by atoms with van der Waals surface area (Å²) >= 11 is 0. The van der Waals surface area contributed by atoms with E-state index in [0.29, 0.717) is 5.92 Å². The molecule has 2 saturated carbocycles. The molecule has 4 atom stereocenters. The number of hydrogen-bond donors (Lipinski definition) is 1. The molecular formula is C17H29N3. The third-order valence-corrected chi connectivity index (χ3v) is 6.11. The average molecular weight is 275 g/mol. The van der Waals surface area contributed by atoms with E-state index in [1.54, 1.807) is 0 Å². The summed E-state index contributed by atoms with van der Waals surface area (Å²) in [6.45, 7) is 6.91. The first-order valence-electron chi connectivity index (χ1n) is 8.66. The minimum atomic E-state index is -0.218. The molecule has 3 fully saturated rings. The lowest BCUT2D eigenvalue weighted by molar-refractivity contribution is 0.242. The maximum atomic E-state index is 9.62. The van der Waals surface area contributed by atoms with Gasteiger partial charge in [0.05, 0.1) is 6.07 Å². The molecular weight excluding hydrogens is 246 g/mol. The molecule has 0 aromatic carbocycles. The lowest BCUT2D eigenvalue weighted by atomic mass is 9.85. The molecule has 3 heteroatoms. The molecule has 0 aromatic rings. The zero-order chi connectivity index (χ0) is 14.0. The molecule has 3 aliphatic rings. The fraction of sp³-hybridized carbons (Fsp3) is 0.941. The van der Waals surface area contributed by atoms with Crippen LogP contribution in [0.4, 0.5) is 0 Å². The molecule has 0 amide bonds. The molecule has 1 aliphatic heterocycles. The highest BCUT2D eigenvalue weighted by Crippen LogP contribution is 2.40. The third kappa shape index (κ3) is 2.61. The third-order valence-electron chi connectivity index (χ3n) is 6.11. The SMILES string of the molecule is CCNC1(C#N)CCCC1CCN1CC2CCCC2C1. The quantitative estimate of drug-likeness (QED) is 0.838. The number of nitriles is 1. The average Bonchev–Trinajstić information content (AvgIpc) is 3.10. The van der Waals surface area contributed by atoms with Crippen LogP contribution in [0, 0.1) is 29.1 Å². The molecule has 1 N–H and O–H groups in total. The van der Waals surface area contributed by atoms with E-state index in [1.807, 2.05) is 0 Å². The van der Waals surface area contributed by atoms with Crippen molar-refractivity contribution in [2.24, 2.45) is 17.8 Å². The molecule has 0 aromatic heterocycles. The Morgan fingerprint density at radius 1 is 1.20 bits per heavy atom. The molecule has 20 heavy (non-hydrogen) atoms. The van der Waals surface area contributed by atoms with Gasteiger partial charge >= 0.3 is 0 Å². The van der Waals surface area contributed by atoms with Gasteiger partial charge in [0.15, 0.2) is 0 Å². The van der Waals surface area contributed by atoms with E-state index < -0.39 is 0 Å². The van der Waals surface area contributed by atoms with Crippen molar-refractivity contribution in [1.82, 2.24) is 10.2 Å². The van der Waals surface area contributed by atoms with Gasteiger partial charge in [0.1, 0.15) is 5.54 Å². The van der Waals surface area contributed by atoms with Crippen molar-refractivity contribution in [3.63, 3.8) is 0 Å². The van der Waals surface area contributed by atoms with Crippen LogP contribution < -0.4 is 5.32 Å². The standard InChI is InChI=1S/C17H29N3/c1-2-19-17(13-18)9-4-7-16(17)8-10-20-11-14-5-3-6-15(14)12-20/h14-16,19H,2-12H2,1H3. The molecule has 2 aliphatic carbocycles. The van der Waals surface area contributed by atoms with Crippen molar-refractivity contribution >= 4 is 0 Å².